The number of fused-ring (bicyclic) bond motifs is 1. The minimum absolute atomic E-state index is 0.0130. The summed E-state index contributed by atoms with van der Waals surface area (Å²) in [6.45, 7) is 10.7. The van der Waals surface area contributed by atoms with E-state index in [2.05, 4.69) is 48.8 Å². The molecule has 1 saturated heterocycles. The van der Waals surface area contributed by atoms with Crippen LogP contribution in [0.2, 0.25) is 18.1 Å². The van der Waals surface area contributed by atoms with Gasteiger partial charge in [-0.15, -0.1) is 0 Å². The maximum absolute atomic E-state index is 14.8. The van der Waals surface area contributed by atoms with Gasteiger partial charge in [0.15, 0.2) is 31.9 Å². The van der Waals surface area contributed by atoms with E-state index in [0.717, 1.165) is 0 Å². The normalized spacial score (nSPS) is 26.7. The van der Waals surface area contributed by atoms with Gasteiger partial charge in [-0.05, 0) is 18.1 Å². The van der Waals surface area contributed by atoms with Crippen LogP contribution in [0.25, 0.3) is 11.2 Å². The van der Waals surface area contributed by atoms with Gasteiger partial charge in [0.2, 0.25) is 5.88 Å². The molecular weight excluding hydrogens is 371 g/mol. The number of aliphatic hydroxyl groups is 1. The van der Waals surface area contributed by atoms with Crippen molar-refractivity contribution in [3.8, 4) is 5.88 Å². The SMILES string of the molecule is COc1ncnc2c1ncn2[C@@H]1O[C@H](CO[Si](C)(C)C(C)(C)C)[C@@H](O)[C@@H]1F. The van der Waals surface area contributed by atoms with E-state index in [1.54, 1.807) is 0 Å². The van der Waals surface area contributed by atoms with Gasteiger partial charge >= 0.3 is 0 Å². The third kappa shape index (κ3) is 3.58. The highest BCUT2D eigenvalue weighted by Gasteiger charge is 2.47. The number of imidazole rings is 1. The minimum Gasteiger partial charge on any atom is -0.479 e. The Morgan fingerprint density at radius 2 is 2.00 bits per heavy atom. The number of methoxy groups -OCH3 is 1. The summed E-state index contributed by atoms with van der Waals surface area (Å²) >= 11 is 0. The van der Waals surface area contributed by atoms with Crippen molar-refractivity contribution in [2.45, 2.75) is 63.5 Å². The number of aliphatic hydroxyl groups excluding tert-OH is 1. The quantitative estimate of drug-likeness (QED) is 0.774. The summed E-state index contributed by atoms with van der Waals surface area (Å²) in [5.41, 5.74) is 0.791. The Balaban J connectivity index is 1.80. The summed E-state index contributed by atoms with van der Waals surface area (Å²) in [5.74, 6) is 0.297. The molecule has 0 aromatic carbocycles. The van der Waals surface area contributed by atoms with E-state index in [1.807, 2.05) is 0 Å². The van der Waals surface area contributed by atoms with Crippen LogP contribution < -0.4 is 4.74 Å². The van der Waals surface area contributed by atoms with Gasteiger partial charge in [0.25, 0.3) is 0 Å². The maximum atomic E-state index is 14.8. The summed E-state index contributed by atoms with van der Waals surface area (Å²) in [6.07, 6.45) is -1.99. The van der Waals surface area contributed by atoms with Crippen LogP contribution in [0.4, 0.5) is 4.39 Å². The lowest BCUT2D eigenvalue weighted by Gasteiger charge is -2.37. The molecule has 0 radical (unpaired) electrons. The molecule has 0 spiro atoms. The van der Waals surface area contributed by atoms with Crippen molar-refractivity contribution in [1.29, 1.82) is 0 Å². The molecular formula is C17H27FN4O4Si. The first-order chi connectivity index (χ1) is 12.6. The average Bonchev–Trinajstić information content (AvgIpc) is 3.14. The Bertz CT molecular complexity index is 810. The smallest absolute Gasteiger partial charge is 0.245 e. The second-order valence-electron chi connectivity index (χ2n) is 8.28. The lowest BCUT2D eigenvalue weighted by molar-refractivity contribution is -0.0434. The van der Waals surface area contributed by atoms with Gasteiger partial charge in [0.05, 0.1) is 20.0 Å². The van der Waals surface area contributed by atoms with Crippen LogP contribution in [-0.4, -0.2) is 65.0 Å². The lowest BCUT2D eigenvalue weighted by Crippen LogP contribution is -2.44. The van der Waals surface area contributed by atoms with Crippen molar-refractivity contribution in [1.82, 2.24) is 19.5 Å². The van der Waals surface area contributed by atoms with Crippen LogP contribution in [0.1, 0.15) is 27.0 Å². The van der Waals surface area contributed by atoms with E-state index in [0.29, 0.717) is 17.0 Å². The molecule has 3 rings (SSSR count). The van der Waals surface area contributed by atoms with Gasteiger partial charge < -0.3 is 19.0 Å². The predicted octanol–water partition coefficient (Wildman–Crippen LogP) is 2.45. The topological polar surface area (TPSA) is 91.5 Å². The van der Waals surface area contributed by atoms with Crippen LogP contribution in [-0.2, 0) is 9.16 Å². The molecule has 0 amide bonds. The molecule has 0 saturated carbocycles. The molecule has 1 fully saturated rings. The molecule has 10 heteroatoms. The molecule has 1 N–H and O–H groups in total. The summed E-state index contributed by atoms with van der Waals surface area (Å²) < 4.78 is 33.3. The summed E-state index contributed by atoms with van der Waals surface area (Å²) in [4.78, 5) is 12.3. The third-order valence-corrected chi connectivity index (χ3v) is 10.0. The zero-order valence-corrected chi connectivity index (χ0v) is 17.5. The van der Waals surface area contributed by atoms with Crippen molar-refractivity contribution < 1.29 is 23.4 Å². The van der Waals surface area contributed by atoms with Crippen molar-refractivity contribution in [3.05, 3.63) is 12.7 Å². The van der Waals surface area contributed by atoms with Crippen molar-refractivity contribution >= 4 is 19.5 Å². The fourth-order valence-corrected chi connectivity index (χ4v) is 3.75. The average molecular weight is 399 g/mol. The Labute approximate surface area is 158 Å². The number of hydrogen-bond donors (Lipinski definition) is 1. The van der Waals surface area contributed by atoms with Crippen LogP contribution in [0.3, 0.4) is 0 Å². The second kappa shape index (κ2) is 7.08. The number of nitrogens with zero attached hydrogens (tertiary/aromatic N) is 4. The molecule has 2 aromatic rings. The maximum Gasteiger partial charge on any atom is 0.245 e. The molecule has 0 unspecified atom stereocenters. The van der Waals surface area contributed by atoms with Gasteiger partial charge in [0.1, 0.15) is 18.5 Å². The highest BCUT2D eigenvalue weighted by molar-refractivity contribution is 6.74. The highest BCUT2D eigenvalue weighted by Crippen LogP contribution is 2.39. The number of aromatic nitrogens is 4. The van der Waals surface area contributed by atoms with Gasteiger partial charge in [-0.3, -0.25) is 4.57 Å². The molecule has 1 aliphatic rings. The number of halogens is 1. The highest BCUT2D eigenvalue weighted by atomic mass is 28.4. The van der Waals surface area contributed by atoms with Gasteiger partial charge in [0, 0.05) is 0 Å². The fourth-order valence-electron chi connectivity index (χ4n) is 2.74. The first-order valence-corrected chi connectivity index (χ1v) is 11.8. The lowest BCUT2D eigenvalue weighted by atomic mass is 10.1. The van der Waals surface area contributed by atoms with Crippen LogP contribution >= 0.6 is 0 Å². The standard InChI is InChI=1S/C17H27FN4O4Si/c1-17(2,3)27(5,6)25-7-10-13(23)11(18)16(26-10)22-9-21-12-14(22)19-8-20-15(12)24-4/h8-11,13,16,23H,7H2,1-6H3/t10-,11+,13-,16-/m1/s1. The molecule has 3 heterocycles. The zero-order chi connectivity index (χ0) is 20.0. The molecule has 4 atom stereocenters. The predicted molar refractivity (Wildman–Crippen MR) is 99.8 cm³/mol. The molecule has 8 nitrogen and oxygen atoms in total. The van der Waals surface area contributed by atoms with Gasteiger partial charge in [-0.1, -0.05) is 20.8 Å². The van der Waals surface area contributed by atoms with E-state index >= 15 is 0 Å². The first-order valence-electron chi connectivity index (χ1n) is 8.90. The Kier molecular flexibility index (Phi) is 5.28. The fraction of sp³-hybridized carbons (Fsp3) is 0.706. The number of rotatable bonds is 5. The van der Waals surface area contributed by atoms with E-state index in [1.165, 1.54) is 24.3 Å². The first kappa shape index (κ1) is 20.1. The Hall–Kier alpha value is -1.62. The largest absolute Gasteiger partial charge is 0.479 e. The molecule has 150 valence electrons. The zero-order valence-electron chi connectivity index (χ0n) is 16.5. The van der Waals surface area contributed by atoms with Gasteiger partial charge in [-0.25, -0.2) is 14.4 Å². The number of hydrogen-bond acceptors (Lipinski definition) is 7. The van der Waals surface area contributed by atoms with E-state index < -0.39 is 32.9 Å². The van der Waals surface area contributed by atoms with E-state index in [-0.39, 0.29) is 11.6 Å². The third-order valence-electron chi connectivity index (χ3n) is 5.50. The van der Waals surface area contributed by atoms with Crippen LogP contribution in [0.5, 0.6) is 5.88 Å². The van der Waals surface area contributed by atoms with Crippen LogP contribution in [0, 0.1) is 0 Å². The molecule has 2 aromatic heterocycles. The molecule has 1 aliphatic heterocycles. The van der Waals surface area contributed by atoms with Gasteiger partial charge in [-0.2, -0.15) is 4.98 Å². The molecule has 0 bridgehead atoms. The molecule has 0 aliphatic carbocycles. The summed E-state index contributed by atoms with van der Waals surface area (Å²) in [5, 5.41) is 10.4. The Morgan fingerprint density at radius 3 is 2.63 bits per heavy atom. The second-order valence-corrected chi connectivity index (χ2v) is 13.1. The number of alkyl halides is 1. The van der Waals surface area contributed by atoms with E-state index in [4.69, 9.17) is 13.9 Å². The van der Waals surface area contributed by atoms with Crippen LogP contribution in [0.15, 0.2) is 12.7 Å². The van der Waals surface area contributed by atoms with Crippen molar-refractivity contribution in [3.63, 3.8) is 0 Å². The number of ether oxygens (including phenoxy) is 2. The Morgan fingerprint density at radius 1 is 1.30 bits per heavy atom. The molecule has 27 heavy (non-hydrogen) atoms. The summed E-state index contributed by atoms with van der Waals surface area (Å²) in [7, 11) is -0.563. The van der Waals surface area contributed by atoms with Crippen molar-refractivity contribution in [2.75, 3.05) is 13.7 Å². The monoisotopic (exact) mass is 398 g/mol. The summed E-state index contributed by atoms with van der Waals surface area (Å²) in [6, 6.07) is 0. The minimum atomic E-state index is -2.04. The van der Waals surface area contributed by atoms with E-state index in [9.17, 15) is 9.50 Å². The van der Waals surface area contributed by atoms with Crippen molar-refractivity contribution in [2.24, 2.45) is 0 Å².